The lowest BCUT2D eigenvalue weighted by Gasteiger charge is -2.31. The van der Waals surface area contributed by atoms with Gasteiger partial charge in [-0.25, -0.2) is 0 Å². The first-order chi connectivity index (χ1) is 13.5. The Balaban J connectivity index is 1.49. The minimum atomic E-state index is -0.0398. The molecule has 0 saturated carbocycles. The summed E-state index contributed by atoms with van der Waals surface area (Å²) in [6, 6.07) is 13.5. The minimum Gasteiger partial charge on any atom is -0.497 e. The van der Waals surface area contributed by atoms with E-state index in [1.54, 1.807) is 7.11 Å². The number of nitrogens with one attached hydrogen (secondary N) is 1. The number of nitrogens with zero attached hydrogens (tertiary/aromatic N) is 1. The van der Waals surface area contributed by atoms with Crippen molar-refractivity contribution in [3.63, 3.8) is 0 Å². The van der Waals surface area contributed by atoms with Crippen molar-refractivity contribution in [1.29, 1.82) is 0 Å². The van der Waals surface area contributed by atoms with E-state index in [1.807, 2.05) is 61.2 Å². The Labute approximate surface area is 166 Å². The summed E-state index contributed by atoms with van der Waals surface area (Å²) in [6.45, 7) is 5.80. The van der Waals surface area contributed by atoms with Gasteiger partial charge in [0.1, 0.15) is 5.75 Å². The smallest absolute Gasteiger partial charge is 0.253 e. The monoisotopic (exact) mass is 380 g/mol. The molecule has 0 aromatic heterocycles. The largest absolute Gasteiger partial charge is 0.497 e. The summed E-state index contributed by atoms with van der Waals surface area (Å²) in [6.07, 6.45) is 1.40. The van der Waals surface area contributed by atoms with Crippen LogP contribution in [0.3, 0.4) is 0 Å². The molecule has 5 nitrogen and oxygen atoms in total. The fourth-order valence-electron chi connectivity index (χ4n) is 3.48. The van der Waals surface area contributed by atoms with Gasteiger partial charge in [-0.2, -0.15) is 0 Å². The molecule has 2 aromatic rings. The molecule has 1 aliphatic heterocycles. The van der Waals surface area contributed by atoms with E-state index >= 15 is 0 Å². The SMILES string of the molecule is COc1ccc(CNC(=O)C2CCN(C(=O)c3ccc(C)c(C)c3)CC2)cc1. The molecule has 1 heterocycles. The van der Waals surface area contributed by atoms with Gasteiger partial charge in [-0.15, -0.1) is 0 Å². The second-order valence-corrected chi connectivity index (χ2v) is 7.43. The zero-order chi connectivity index (χ0) is 20.1. The van der Waals surface area contributed by atoms with Crippen molar-refractivity contribution < 1.29 is 14.3 Å². The third-order valence-corrected chi connectivity index (χ3v) is 5.53. The molecule has 1 N–H and O–H groups in total. The summed E-state index contributed by atoms with van der Waals surface area (Å²) in [7, 11) is 1.63. The molecule has 0 aliphatic carbocycles. The topological polar surface area (TPSA) is 58.6 Å². The predicted molar refractivity (Wildman–Crippen MR) is 109 cm³/mol. The van der Waals surface area contributed by atoms with E-state index in [2.05, 4.69) is 5.32 Å². The van der Waals surface area contributed by atoms with E-state index in [0.29, 0.717) is 32.5 Å². The number of carbonyl (C=O) groups excluding carboxylic acids is 2. The summed E-state index contributed by atoms with van der Waals surface area (Å²) < 4.78 is 5.14. The molecule has 5 heteroatoms. The summed E-state index contributed by atoms with van der Waals surface area (Å²) in [4.78, 5) is 27.1. The van der Waals surface area contributed by atoms with Crippen LogP contribution < -0.4 is 10.1 Å². The zero-order valence-corrected chi connectivity index (χ0v) is 16.8. The predicted octanol–water partition coefficient (Wildman–Crippen LogP) is 3.48. The Hall–Kier alpha value is -2.82. The molecule has 2 amide bonds. The number of benzene rings is 2. The summed E-state index contributed by atoms with van der Waals surface area (Å²) in [5.74, 6) is 0.882. The minimum absolute atomic E-state index is 0.0398. The number of hydrogen-bond acceptors (Lipinski definition) is 3. The molecule has 148 valence electrons. The highest BCUT2D eigenvalue weighted by atomic mass is 16.5. The number of aryl methyl sites for hydroxylation is 2. The highest BCUT2D eigenvalue weighted by Gasteiger charge is 2.27. The van der Waals surface area contributed by atoms with Crippen LogP contribution in [-0.2, 0) is 11.3 Å². The number of hydrogen-bond donors (Lipinski definition) is 1. The van der Waals surface area contributed by atoms with Gasteiger partial charge in [0, 0.05) is 31.1 Å². The van der Waals surface area contributed by atoms with Crippen LogP contribution in [-0.4, -0.2) is 36.9 Å². The molecule has 0 unspecified atom stereocenters. The molecule has 28 heavy (non-hydrogen) atoms. The first kappa shape index (κ1) is 19.9. The maximum absolute atomic E-state index is 12.7. The first-order valence-corrected chi connectivity index (χ1v) is 9.75. The zero-order valence-electron chi connectivity index (χ0n) is 16.8. The molecule has 0 spiro atoms. The number of piperidine rings is 1. The van der Waals surface area contributed by atoms with E-state index in [-0.39, 0.29) is 17.7 Å². The number of methoxy groups -OCH3 is 1. The third-order valence-electron chi connectivity index (χ3n) is 5.53. The maximum Gasteiger partial charge on any atom is 0.253 e. The average molecular weight is 380 g/mol. The van der Waals surface area contributed by atoms with Crippen LogP contribution in [0, 0.1) is 19.8 Å². The number of carbonyl (C=O) groups is 2. The van der Waals surface area contributed by atoms with Crippen LogP contribution in [0.25, 0.3) is 0 Å². The molecule has 0 atom stereocenters. The molecule has 0 radical (unpaired) electrons. The normalized spacial score (nSPS) is 14.6. The molecule has 1 fully saturated rings. The van der Waals surface area contributed by atoms with Crippen LogP contribution in [0.1, 0.15) is 39.9 Å². The fourth-order valence-corrected chi connectivity index (χ4v) is 3.48. The van der Waals surface area contributed by atoms with E-state index in [4.69, 9.17) is 4.74 Å². The highest BCUT2D eigenvalue weighted by molar-refractivity contribution is 5.94. The van der Waals surface area contributed by atoms with Crippen LogP contribution in [0.4, 0.5) is 0 Å². The first-order valence-electron chi connectivity index (χ1n) is 9.75. The lowest BCUT2D eigenvalue weighted by atomic mass is 9.95. The maximum atomic E-state index is 12.7. The Morgan fingerprint density at radius 3 is 2.32 bits per heavy atom. The van der Waals surface area contributed by atoms with Crippen LogP contribution >= 0.6 is 0 Å². The average Bonchev–Trinajstić information content (AvgIpc) is 2.74. The van der Waals surface area contributed by atoms with E-state index in [0.717, 1.165) is 22.4 Å². The lowest BCUT2D eigenvalue weighted by Crippen LogP contribution is -2.42. The molecule has 0 bridgehead atoms. The molecule has 3 rings (SSSR count). The summed E-state index contributed by atoms with van der Waals surface area (Å²) >= 11 is 0. The molecular weight excluding hydrogens is 352 g/mol. The summed E-state index contributed by atoms with van der Waals surface area (Å²) in [5, 5.41) is 3.01. The fraction of sp³-hybridized carbons (Fsp3) is 0.391. The van der Waals surface area contributed by atoms with Crippen LogP contribution in [0.2, 0.25) is 0 Å². The third kappa shape index (κ3) is 4.71. The van der Waals surface area contributed by atoms with E-state index in [1.165, 1.54) is 5.56 Å². The van der Waals surface area contributed by atoms with Crippen molar-refractivity contribution in [2.24, 2.45) is 5.92 Å². The Bertz CT molecular complexity index is 837. The number of rotatable bonds is 5. The Morgan fingerprint density at radius 1 is 1.04 bits per heavy atom. The van der Waals surface area contributed by atoms with Crippen molar-refractivity contribution in [3.05, 3.63) is 64.7 Å². The van der Waals surface area contributed by atoms with Crippen molar-refractivity contribution in [2.75, 3.05) is 20.2 Å². The molecular formula is C23H28N2O3. The van der Waals surface area contributed by atoms with Gasteiger partial charge in [0.05, 0.1) is 7.11 Å². The highest BCUT2D eigenvalue weighted by Crippen LogP contribution is 2.21. The number of ether oxygens (including phenoxy) is 1. The van der Waals surface area contributed by atoms with Gasteiger partial charge in [0.25, 0.3) is 5.91 Å². The number of likely N-dealkylation sites (tertiary alicyclic amines) is 1. The van der Waals surface area contributed by atoms with Gasteiger partial charge >= 0.3 is 0 Å². The Morgan fingerprint density at radius 2 is 1.71 bits per heavy atom. The Kier molecular flexibility index (Phi) is 6.34. The second-order valence-electron chi connectivity index (χ2n) is 7.43. The van der Waals surface area contributed by atoms with Gasteiger partial charge in [-0.1, -0.05) is 18.2 Å². The van der Waals surface area contributed by atoms with Crippen LogP contribution in [0.15, 0.2) is 42.5 Å². The molecule has 2 aromatic carbocycles. The quantitative estimate of drug-likeness (QED) is 0.864. The number of amides is 2. The van der Waals surface area contributed by atoms with Gasteiger partial charge in [-0.05, 0) is 67.6 Å². The van der Waals surface area contributed by atoms with E-state index in [9.17, 15) is 9.59 Å². The van der Waals surface area contributed by atoms with E-state index < -0.39 is 0 Å². The van der Waals surface area contributed by atoms with Gasteiger partial charge < -0.3 is 15.0 Å². The van der Waals surface area contributed by atoms with Gasteiger partial charge in [0.2, 0.25) is 5.91 Å². The lowest BCUT2D eigenvalue weighted by molar-refractivity contribution is -0.126. The van der Waals surface area contributed by atoms with Gasteiger partial charge in [0.15, 0.2) is 0 Å². The van der Waals surface area contributed by atoms with Crippen molar-refractivity contribution in [3.8, 4) is 5.75 Å². The van der Waals surface area contributed by atoms with Crippen molar-refractivity contribution in [2.45, 2.75) is 33.2 Å². The molecule has 1 saturated heterocycles. The van der Waals surface area contributed by atoms with Crippen LogP contribution in [0.5, 0.6) is 5.75 Å². The summed E-state index contributed by atoms with van der Waals surface area (Å²) in [5.41, 5.74) is 4.07. The van der Waals surface area contributed by atoms with Crippen molar-refractivity contribution in [1.82, 2.24) is 10.2 Å². The second kappa shape index (κ2) is 8.91. The molecule has 1 aliphatic rings. The van der Waals surface area contributed by atoms with Gasteiger partial charge in [-0.3, -0.25) is 9.59 Å². The van der Waals surface area contributed by atoms with Crippen molar-refractivity contribution >= 4 is 11.8 Å². The standard InChI is InChI=1S/C23H28N2O3/c1-16-4-7-20(14-17(16)2)23(27)25-12-10-19(11-13-25)22(26)24-15-18-5-8-21(28-3)9-6-18/h4-9,14,19H,10-13,15H2,1-3H3,(H,24,26).